The molecule has 1 heterocycles. The summed E-state index contributed by atoms with van der Waals surface area (Å²) in [5.41, 5.74) is 1.28. The highest BCUT2D eigenvalue weighted by molar-refractivity contribution is 5.89. The van der Waals surface area contributed by atoms with Crippen molar-refractivity contribution in [1.29, 1.82) is 0 Å². The van der Waals surface area contributed by atoms with E-state index in [1.54, 1.807) is 23.9 Å². The van der Waals surface area contributed by atoms with E-state index in [-0.39, 0.29) is 5.97 Å². The maximum absolute atomic E-state index is 11.9. The molecule has 20 heavy (non-hydrogen) atoms. The van der Waals surface area contributed by atoms with Crippen molar-refractivity contribution < 1.29 is 9.53 Å². The summed E-state index contributed by atoms with van der Waals surface area (Å²) in [4.78, 5) is 11.9. The summed E-state index contributed by atoms with van der Waals surface area (Å²) in [5, 5.41) is 6.47. The van der Waals surface area contributed by atoms with Gasteiger partial charge in [-0.05, 0) is 35.9 Å². The van der Waals surface area contributed by atoms with Gasteiger partial charge in [-0.3, -0.25) is 0 Å². The van der Waals surface area contributed by atoms with Gasteiger partial charge >= 0.3 is 5.97 Å². The zero-order valence-corrected chi connectivity index (χ0v) is 11.1. The highest BCUT2D eigenvalue weighted by atomic mass is 16.5. The van der Waals surface area contributed by atoms with E-state index in [9.17, 15) is 4.79 Å². The largest absolute Gasteiger partial charge is 0.461 e. The summed E-state index contributed by atoms with van der Waals surface area (Å²) in [5.74, 6) is -0.363. The molecular weight excluding hydrogens is 252 g/mol. The standard InChI is InChI=1S/C16H14N2O2/c1-2-20-16(19)15-9-10-17-18(15)14-8-7-12-5-3-4-6-13(12)11-14/h3-11H,2H2,1H3. The zero-order chi connectivity index (χ0) is 13.9. The molecule has 0 atom stereocenters. The van der Waals surface area contributed by atoms with Gasteiger partial charge in [0.2, 0.25) is 0 Å². The predicted molar refractivity (Wildman–Crippen MR) is 77.0 cm³/mol. The van der Waals surface area contributed by atoms with Gasteiger partial charge in [0.25, 0.3) is 0 Å². The Labute approximate surface area is 116 Å². The van der Waals surface area contributed by atoms with E-state index in [2.05, 4.69) is 11.2 Å². The number of rotatable bonds is 3. The van der Waals surface area contributed by atoms with Gasteiger partial charge in [-0.2, -0.15) is 5.10 Å². The molecule has 4 nitrogen and oxygen atoms in total. The van der Waals surface area contributed by atoms with E-state index in [4.69, 9.17) is 4.74 Å². The first-order valence-electron chi connectivity index (χ1n) is 6.50. The third kappa shape index (κ3) is 2.16. The van der Waals surface area contributed by atoms with Gasteiger partial charge < -0.3 is 4.74 Å². The summed E-state index contributed by atoms with van der Waals surface area (Å²) < 4.78 is 6.64. The molecule has 0 unspecified atom stereocenters. The van der Waals surface area contributed by atoms with Crippen molar-refractivity contribution in [2.45, 2.75) is 6.92 Å². The van der Waals surface area contributed by atoms with Crippen LogP contribution in [0, 0.1) is 0 Å². The summed E-state index contributed by atoms with van der Waals surface area (Å²) in [7, 11) is 0. The summed E-state index contributed by atoms with van der Waals surface area (Å²) >= 11 is 0. The Morgan fingerprint density at radius 2 is 1.95 bits per heavy atom. The van der Waals surface area contributed by atoms with Crippen LogP contribution in [-0.2, 0) is 4.74 Å². The normalized spacial score (nSPS) is 10.7. The maximum Gasteiger partial charge on any atom is 0.357 e. The fraction of sp³-hybridized carbons (Fsp3) is 0.125. The first-order chi connectivity index (χ1) is 9.79. The van der Waals surface area contributed by atoms with Crippen molar-refractivity contribution in [3.05, 3.63) is 60.4 Å². The predicted octanol–water partition coefficient (Wildman–Crippen LogP) is 3.20. The van der Waals surface area contributed by atoms with Crippen LogP contribution in [0.25, 0.3) is 16.5 Å². The molecule has 0 radical (unpaired) electrons. The van der Waals surface area contributed by atoms with E-state index in [0.717, 1.165) is 16.5 Å². The molecule has 0 fully saturated rings. The number of esters is 1. The molecule has 3 aromatic rings. The highest BCUT2D eigenvalue weighted by Gasteiger charge is 2.14. The second-order valence-electron chi connectivity index (χ2n) is 4.38. The van der Waals surface area contributed by atoms with E-state index in [1.165, 1.54) is 0 Å². The first-order valence-corrected chi connectivity index (χ1v) is 6.50. The van der Waals surface area contributed by atoms with Crippen LogP contribution in [-0.4, -0.2) is 22.4 Å². The smallest absolute Gasteiger partial charge is 0.357 e. The third-order valence-electron chi connectivity index (χ3n) is 3.10. The number of aromatic nitrogens is 2. The topological polar surface area (TPSA) is 44.1 Å². The first kappa shape index (κ1) is 12.4. The minimum absolute atomic E-state index is 0.349. The van der Waals surface area contributed by atoms with Crippen LogP contribution in [0.4, 0.5) is 0 Å². The van der Waals surface area contributed by atoms with Crippen molar-refractivity contribution in [1.82, 2.24) is 9.78 Å². The molecule has 0 aliphatic carbocycles. The molecule has 3 rings (SSSR count). The van der Waals surface area contributed by atoms with Gasteiger partial charge in [-0.15, -0.1) is 0 Å². The molecule has 100 valence electrons. The molecule has 0 spiro atoms. The van der Waals surface area contributed by atoms with E-state index >= 15 is 0 Å². The highest BCUT2D eigenvalue weighted by Crippen LogP contribution is 2.19. The summed E-state index contributed by atoms with van der Waals surface area (Å²) in [6.07, 6.45) is 1.60. The number of hydrogen-bond acceptors (Lipinski definition) is 3. The monoisotopic (exact) mass is 266 g/mol. The summed E-state index contributed by atoms with van der Waals surface area (Å²) in [6.45, 7) is 2.14. The molecule has 0 amide bonds. The number of ether oxygens (including phenoxy) is 1. The Hall–Kier alpha value is -2.62. The average Bonchev–Trinajstić information content (AvgIpc) is 2.96. The van der Waals surface area contributed by atoms with E-state index < -0.39 is 0 Å². The lowest BCUT2D eigenvalue weighted by Crippen LogP contribution is -2.11. The molecular formula is C16H14N2O2. The number of benzene rings is 2. The molecule has 0 bridgehead atoms. The lowest BCUT2D eigenvalue weighted by molar-refractivity contribution is 0.0516. The molecule has 2 aromatic carbocycles. The van der Waals surface area contributed by atoms with Crippen molar-refractivity contribution >= 4 is 16.7 Å². The molecule has 4 heteroatoms. The Morgan fingerprint density at radius 1 is 1.15 bits per heavy atom. The second-order valence-corrected chi connectivity index (χ2v) is 4.38. The number of carbonyl (C=O) groups excluding carboxylic acids is 1. The van der Waals surface area contributed by atoms with Crippen molar-refractivity contribution in [3.8, 4) is 5.69 Å². The number of fused-ring (bicyclic) bond motifs is 1. The molecule has 0 aliphatic rings. The molecule has 0 N–H and O–H groups in total. The fourth-order valence-electron chi connectivity index (χ4n) is 2.18. The second kappa shape index (κ2) is 5.17. The van der Waals surface area contributed by atoms with Crippen molar-refractivity contribution in [3.63, 3.8) is 0 Å². The number of carbonyl (C=O) groups is 1. The van der Waals surface area contributed by atoms with Gasteiger partial charge in [0.15, 0.2) is 5.69 Å². The minimum Gasteiger partial charge on any atom is -0.461 e. The number of nitrogens with zero attached hydrogens (tertiary/aromatic N) is 2. The molecule has 0 saturated carbocycles. The zero-order valence-electron chi connectivity index (χ0n) is 11.1. The van der Waals surface area contributed by atoms with Gasteiger partial charge in [0.1, 0.15) is 0 Å². The molecule has 1 aromatic heterocycles. The van der Waals surface area contributed by atoms with Gasteiger partial charge in [-0.1, -0.05) is 30.3 Å². The van der Waals surface area contributed by atoms with Gasteiger partial charge in [0.05, 0.1) is 18.5 Å². The van der Waals surface area contributed by atoms with E-state index in [0.29, 0.717) is 12.3 Å². The molecule has 0 aliphatic heterocycles. The Bertz CT molecular complexity index is 762. The van der Waals surface area contributed by atoms with Crippen molar-refractivity contribution in [2.24, 2.45) is 0 Å². The lowest BCUT2D eigenvalue weighted by Gasteiger charge is -2.08. The van der Waals surface area contributed by atoms with Gasteiger partial charge in [0, 0.05) is 0 Å². The van der Waals surface area contributed by atoms with Crippen molar-refractivity contribution in [2.75, 3.05) is 6.61 Å². The maximum atomic E-state index is 11.9. The van der Waals surface area contributed by atoms with Crippen LogP contribution in [0.2, 0.25) is 0 Å². The van der Waals surface area contributed by atoms with E-state index in [1.807, 2.05) is 36.4 Å². The van der Waals surface area contributed by atoms with Crippen LogP contribution in [0.5, 0.6) is 0 Å². The Morgan fingerprint density at radius 3 is 2.75 bits per heavy atom. The SMILES string of the molecule is CCOC(=O)c1ccnn1-c1ccc2ccccc2c1. The van der Waals surface area contributed by atoms with Crippen LogP contribution in [0.1, 0.15) is 17.4 Å². The van der Waals surface area contributed by atoms with Gasteiger partial charge in [-0.25, -0.2) is 9.48 Å². The average molecular weight is 266 g/mol. The third-order valence-corrected chi connectivity index (χ3v) is 3.10. The van der Waals surface area contributed by atoms with Crippen LogP contribution in [0.15, 0.2) is 54.7 Å². The summed E-state index contributed by atoms with van der Waals surface area (Å²) in [6, 6.07) is 15.7. The molecule has 0 saturated heterocycles. The fourth-order valence-corrected chi connectivity index (χ4v) is 2.18. The van der Waals surface area contributed by atoms with Crippen LogP contribution < -0.4 is 0 Å². The Balaban J connectivity index is 2.07. The lowest BCUT2D eigenvalue weighted by atomic mass is 10.1. The Kier molecular flexibility index (Phi) is 3.21. The quantitative estimate of drug-likeness (QED) is 0.684. The van der Waals surface area contributed by atoms with Crippen LogP contribution in [0.3, 0.4) is 0 Å². The van der Waals surface area contributed by atoms with Crippen LogP contribution >= 0.6 is 0 Å². The number of hydrogen-bond donors (Lipinski definition) is 0. The minimum atomic E-state index is -0.363.